The van der Waals surface area contributed by atoms with Gasteiger partial charge in [0.25, 0.3) is 0 Å². The van der Waals surface area contributed by atoms with Gasteiger partial charge in [0.05, 0.1) is 0 Å². The third kappa shape index (κ3) is 3.24. The summed E-state index contributed by atoms with van der Waals surface area (Å²) in [5.74, 6) is -0.561. The topological polar surface area (TPSA) is 60.9 Å². The first kappa shape index (κ1) is 14.5. The van der Waals surface area contributed by atoms with E-state index in [0.29, 0.717) is 32.0 Å². The molecule has 0 aromatic heterocycles. The van der Waals surface area contributed by atoms with Crippen LogP contribution in [0.4, 0.5) is 4.79 Å². The lowest BCUT2D eigenvalue weighted by molar-refractivity contribution is -0.144. The minimum absolute atomic E-state index is 0.197. The summed E-state index contributed by atoms with van der Waals surface area (Å²) in [5, 5.41) is 9.23. The summed E-state index contributed by atoms with van der Waals surface area (Å²) in [5.41, 5.74) is 0. The number of likely N-dealkylation sites (N-methyl/N-ethyl adjacent to an activating group) is 1. The maximum atomic E-state index is 12.3. The van der Waals surface area contributed by atoms with E-state index >= 15 is 0 Å². The Kier molecular flexibility index (Phi) is 5.19. The summed E-state index contributed by atoms with van der Waals surface area (Å²) in [7, 11) is 0. The Bertz CT molecular complexity index is 330. The van der Waals surface area contributed by atoms with Crippen molar-refractivity contribution in [1.82, 2.24) is 9.80 Å². The average molecular weight is 254 g/mol. The number of amides is 2. The van der Waals surface area contributed by atoms with Crippen molar-refractivity contribution in [1.29, 1.82) is 0 Å². The Labute approximate surface area is 108 Å². The molecule has 2 atom stereocenters. The maximum absolute atomic E-state index is 12.3. The molecule has 1 N–H and O–H groups in total. The lowest BCUT2D eigenvalue weighted by atomic mass is 9.92. The molecule has 1 fully saturated rings. The fourth-order valence-corrected chi connectivity index (χ4v) is 2.28. The molecule has 2 amide bonds. The van der Waals surface area contributed by atoms with E-state index in [9.17, 15) is 14.7 Å². The van der Waals surface area contributed by atoms with E-state index < -0.39 is 12.0 Å². The quantitative estimate of drug-likeness (QED) is 0.778. The number of aliphatic carboxylic acids is 1. The lowest BCUT2D eigenvalue weighted by Gasteiger charge is -2.38. The highest BCUT2D eigenvalue weighted by Gasteiger charge is 2.36. The molecule has 0 aliphatic carbocycles. The van der Waals surface area contributed by atoms with Gasteiger partial charge >= 0.3 is 12.0 Å². The van der Waals surface area contributed by atoms with E-state index in [4.69, 9.17) is 0 Å². The van der Waals surface area contributed by atoms with Crippen molar-refractivity contribution in [3.05, 3.63) is 12.7 Å². The van der Waals surface area contributed by atoms with E-state index in [2.05, 4.69) is 6.58 Å². The van der Waals surface area contributed by atoms with Gasteiger partial charge < -0.3 is 14.9 Å². The fourth-order valence-electron chi connectivity index (χ4n) is 2.28. The van der Waals surface area contributed by atoms with E-state index in [-0.39, 0.29) is 6.03 Å². The van der Waals surface area contributed by atoms with E-state index in [1.165, 1.54) is 4.90 Å². The van der Waals surface area contributed by atoms with Crippen molar-refractivity contribution in [2.75, 3.05) is 19.6 Å². The van der Waals surface area contributed by atoms with Crippen LogP contribution in [0.2, 0.25) is 0 Å². The molecule has 102 valence electrons. The predicted octanol–water partition coefficient (Wildman–Crippen LogP) is 1.80. The summed E-state index contributed by atoms with van der Waals surface area (Å²) >= 11 is 0. The second kappa shape index (κ2) is 6.42. The number of carbonyl (C=O) groups excluding carboxylic acids is 1. The molecule has 1 heterocycles. The molecule has 0 bridgehead atoms. The normalized spacial score (nSPS) is 23.6. The van der Waals surface area contributed by atoms with Crippen LogP contribution in [-0.2, 0) is 4.79 Å². The molecule has 2 unspecified atom stereocenters. The Morgan fingerprint density at radius 3 is 2.72 bits per heavy atom. The third-order valence-corrected chi connectivity index (χ3v) is 3.40. The van der Waals surface area contributed by atoms with Crippen LogP contribution in [0.1, 0.15) is 26.7 Å². The van der Waals surface area contributed by atoms with Gasteiger partial charge in [-0.3, -0.25) is 0 Å². The van der Waals surface area contributed by atoms with Gasteiger partial charge in [-0.05, 0) is 25.7 Å². The van der Waals surface area contributed by atoms with E-state index in [1.807, 2.05) is 13.8 Å². The molecule has 0 aromatic carbocycles. The zero-order valence-electron chi connectivity index (χ0n) is 11.1. The van der Waals surface area contributed by atoms with Crippen molar-refractivity contribution in [2.45, 2.75) is 32.7 Å². The summed E-state index contributed by atoms with van der Waals surface area (Å²) in [4.78, 5) is 26.6. The second-order valence-corrected chi connectivity index (χ2v) is 4.79. The SMILES string of the molecule is C=CCN(CC)C(=O)N1CCC(C)CC1C(=O)O. The highest BCUT2D eigenvalue weighted by molar-refractivity contribution is 5.83. The van der Waals surface area contributed by atoms with Crippen molar-refractivity contribution in [3.63, 3.8) is 0 Å². The second-order valence-electron chi connectivity index (χ2n) is 4.79. The van der Waals surface area contributed by atoms with Gasteiger partial charge in [-0.2, -0.15) is 0 Å². The number of carbonyl (C=O) groups is 2. The highest BCUT2D eigenvalue weighted by atomic mass is 16.4. The lowest BCUT2D eigenvalue weighted by Crippen LogP contribution is -2.54. The van der Waals surface area contributed by atoms with Gasteiger partial charge in [0.15, 0.2) is 0 Å². The Morgan fingerprint density at radius 2 is 2.22 bits per heavy atom. The Hall–Kier alpha value is -1.52. The molecule has 0 saturated carbocycles. The van der Waals surface area contributed by atoms with Gasteiger partial charge in [-0.15, -0.1) is 6.58 Å². The number of urea groups is 1. The van der Waals surface area contributed by atoms with Crippen molar-refractivity contribution in [3.8, 4) is 0 Å². The number of nitrogens with zero attached hydrogens (tertiary/aromatic N) is 2. The van der Waals surface area contributed by atoms with Crippen molar-refractivity contribution in [2.24, 2.45) is 5.92 Å². The molecule has 5 heteroatoms. The van der Waals surface area contributed by atoms with E-state index in [1.54, 1.807) is 11.0 Å². The van der Waals surface area contributed by atoms with Crippen LogP contribution in [-0.4, -0.2) is 52.6 Å². The highest BCUT2D eigenvalue weighted by Crippen LogP contribution is 2.23. The average Bonchev–Trinajstić information content (AvgIpc) is 2.35. The predicted molar refractivity (Wildman–Crippen MR) is 69.4 cm³/mol. The maximum Gasteiger partial charge on any atom is 0.326 e. The first-order valence-electron chi connectivity index (χ1n) is 6.40. The van der Waals surface area contributed by atoms with Crippen molar-refractivity contribution < 1.29 is 14.7 Å². The number of likely N-dealkylation sites (tertiary alicyclic amines) is 1. The standard InChI is InChI=1S/C13H22N2O3/c1-4-7-14(5-2)13(18)15-8-6-10(3)9-11(15)12(16)17/h4,10-11H,1,5-9H2,2-3H3,(H,16,17). The molecule has 0 aromatic rings. The minimum Gasteiger partial charge on any atom is -0.480 e. The Morgan fingerprint density at radius 1 is 1.56 bits per heavy atom. The van der Waals surface area contributed by atoms with Crippen LogP contribution in [0.25, 0.3) is 0 Å². The molecular weight excluding hydrogens is 232 g/mol. The van der Waals surface area contributed by atoms with Crippen LogP contribution >= 0.6 is 0 Å². The zero-order chi connectivity index (χ0) is 13.7. The molecule has 18 heavy (non-hydrogen) atoms. The number of hydrogen-bond donors (Lipinski definition) is 1. The van der Waals surface area contributed by atoms with Gasteiger partial charge in [0, 0.05) is 19.6 Å². The van der Waals surface area contributed by atoms with Gasteiger partial charge in [0.2, 0.25) is 0 Å². The molecule has 5 nitrogen and oxygen atoms in total. The molecule has 1 rings (SSSR count). The van der Waals surface area contributed by atoms with Crippen LogP contribution in [0.3, 0.4) is 0 Å². The van der Waals surface area contributed by atoms with Crippen LogP contribution in [0.15, 0.2) is 12.7 Å². The summed E-state index contributed by atoms with van der Waals surface area (Å²) in [6.07, 6.45) is 3.05. The number of carboxylic acid groups (broad SMARTS) is 1. The minimum atomic E-state index is -0.912. The van der Waals surface area contributed by atoms with Gasteiger partial charge in [-0.1, -0.05) is 13.0 Å². The Balaban J connectivity index is 2.80. The summed E-state index contributed by atoms with van der Waals surface area (Å²) in [6, 6.07) is -0.892. The summed E-state index contributed by atoms with van der Waals surface area (Å²) < 4.78 is 0. The smallest absolute Gasteiger partial charge is 0.326 e. The third-order valence-electron chi connectivity index (χ3n) is 3.40. The van der Waals surface area contributed by atoms with Gasteiger partial charge in [0.1, 0.15) is 6.04 Å². The first-order chi connectivity index (χ1) is 8.51. The van der Waals surface area contributed by atoms with Crippen LogP contribution < -0.4 is 0 Å². The number of piperidine rings is 1. The zero-order valence-corrected chi connectivity index (χ0v) is 11.1. The molecular formula is C13H22N2O3. The molecule has 1 saturated heterocycles. The molecule has 0 spiro atoms. The monoisotopic (exact) mass is 254 g/mol. The molecule has 1 aliphatic heterocycles. The van der Waals surface area contributed by atoms with Crippen LogP contribution in [0.5, 0.6) is 0 Å². The van der Waals surface area contributed by atoms with E-state index in [0.717, 1.165) is 6.42 Å². The number of hydrogen-bond acceptors (Lipinski definition) is 2. The van der Waals surface area contributed by atoms with Crippen LogP contribution in [0, 0.1) is 5.92 Å². The number of carboxylic acids is 1. The summed E-state index contributed by atoms with van der Waals surface area (Å²) in [6.45, 7) is 9.05. The fraction of sp³-hybridized carbons (Fsp3) is 0.692. The van der Waals surface area contributed by atoms with Crippen molar-refractivity contribution >= 4 is 12.0 Å². The molecule has 1 aliphatic rings. The largest absolute Gasteiger partial charge is 0.480 e. The number of rotatable bonds is 4. The molecule has 0 radical (unpaired) electrons. The first-order valence-corrected chi connectivity index (χ1v) is 6.40. The van der Waals surface area contributed by atoms with Gasteiger partial charge in [-0.25, -0.2) is 9.59 Å².